The quantitative estimate of drug-likeness (QED) is 0.594. The van der Waals surface area contributed by atoms with Crippen molar-refractivity contribution in [2.45, 2.75) is 0 Å². The minimum Gasteiger partial charge on any atom is -0.320 e. The van der Waals surface area contributed by atoms with E-state index in [4.69, 9.17) is 0 Å². The zero-order valence-corrected chi connectivity index (χ0v) is 5.79. The van der Waals surface area contributed by atoms with Crippen LogP contribution in [0.3, 0.4) is 0 Å². The SMILES string of the molecule is O=c1cc2ccccc2[c][nH]1. The highest BCUT2D eigenvalue weighted by Crippen LogP contribution is 2.07. The number of aromatic amines is 1. The molecule has 0 amide bonds. The molecule has 1 N–H and O–H groups in total. The van der Waals surface area contributed by atoms with Gasteiger partial charge in [0.05, 0.1) is 6.20 Å². The Balaban J connectivity index is 2.94. The molecular formula is C9H6NO. The molecule has 2 aromatic rings. The highest BCUT2D eigenvalue weighted by atomic mass is 16.1. The van der Waals surface area contributed by atoms with Gasteiger partial charge in [-0.3, -0.25) is 4.79 Å². The monoisotopic (exact) mass is 144 g/mol. The first-order chi connectivity index (χ1) is 5.36. The van der Waals surface area contributed by atoms with Crippen molar-refractivity contribution in [2.24, 2.45) is 0 Å². The van der Waals surface area contributed by atoms with Crippen molar-refractivity contribution in [2.75, 3.05) is 0 Å². The number of rotatable bonds is 0. The summed E-state index contributed by atoms with van der Waals surface area (Å²) in [6.07, 6.45) is 2.78. The highest BCUT2D eigenvalue weighted by Gasteiger charge is 1.90. The Morgan fingerprint density at radius 2 is 2.09 bits per heavy atom. The molecule has 1 radical (unpaired) electrons. The minimum absolute atomic E-state index is 0.108. The molecule has 0 aliphatic heterocycles. The van der Waals surface area contributed by atoms with Crippen LogP contribution in [-0.4, -0.2) is 4.98 Å². The molecular weight excluding hydrogens is 138 g/mol. The number of fused-ring (bicyclic) bond motifs is 1. The van der Waals surface area contributed by atoms with Gasteiger partial charge >= 0.3 is 0 Å². The van der Waals surface area contributed by atoms with Crippen LogP contribution in [0.1, 0.15) is 0 Å². The van der Waals surface area contributed by atoms with Gasteiger partial charge in [0.15, 0.2) is 0 Å². The van der Waals surface area contributed by atoms with Crippen molar-refractivity contribution in [3.05, 3.63) is 46.9 Å². The summed E-state index contributed by atoms with van der Waals surface area (Å²) >= 11 is 0. The third kappa shape index (κ3) is 1.03. The Hall–Kier alpha value is -1.57. The molecule has 0 bridgehead atoms. The fourth-order valence-electron chi connectivity index (χ4n) is 1.04. The van der Waals surface area contributed by atoms with Crippen molar-refractivity contribution in [3.63, 3.8) is 0 Å². The summed E-state index contributed by atoms with van der Waals surface area (Å²) in [6.45, 7) is 0. The van der Waals surface area contributed by atoms with E-state index in [-0.39, 0.29) is 5.56 Å². The van der Waals surface area contributed by atoms with Crippen molar-refractivity contribution in [1.29, 1.82) is 0 Å². The van der Waals surface area contributed by atoms with Crippen molar-refractivity contribution in [1.82, 2.24) is 4.98 Å². The highest BCUT2D eigenvalue weighted by molar-refractivity contribution is 5.80. The van der Waals surface area contributed by atoms with E-state index >= 15 is 0 Å². The van der Waals surface area contributed by atoms with E-state index in [9.17, 15) is 4.79 Å². The molecule has 0 unspecified atom stereocenters. The van der Waals surface area contributed by atoms with E-state index in [1.807, 2.05) is 24.3 Å². The molecule has 1 aromatic carbocycles. The number of H-pyrrole nitrogens is 1. The topological polar surface area (TPSA) is 32.9 Å². The van der Waals surface area contributed by atoms with Crippen LogP contribution >= 0.6 is 0 Å². The van der Waals surface area contributed by atoms with Crippen LogP contribution < -0.4 is 5.56 Å². The van der Waals surface area contributed by atoms with E-state index in [1.165, 1.54) is 0 Å². The third-order valence-corrected chi connectivity index (χ3v) is 1.57. The van der Waals surface area contributed by atoms with Crippen LogP contribution in [0.4, 0.5) is 0 Å². The molecule has 2 rings (SSSR count). The van der Waals surface area contributed by atoms with Crippen LogP contribution in [-0.2, 0) is 0 Å². The Labute approximate surface area is 63.5 Å². The number of hydrogen-bond acceptors (Lipinski definition) is 1. The second-order valence-electron chi connectivity index (χ2n) is 2.35. The minimum atomic E-state index is -0.108. The molecule has 0 aliphatic rings. The molecule has 1 aromatic heterocycles. The molecule has 0 aliphatic carbocycles. The summed E-state index contributed by atoms with van der Waals surface area (Å²) in [5.74, 6) is 0. The molecule has 11 heavy (non-hydrogen) atoms. The smallest absolute Gasteiger partial charge is 0.249 e. The van der Waals surface area contributed by atoms with Gasteiger partial charge < -0.3 is 4.98 Å². The third-order valence-electron chi connectivity index (χ3n) is 1.57. The largest absolute Gasteiger partial charge is 0.320 e. The van der Waals surface area contributed by atoms with Crippen LogP contribution in [0.15, 0.2) is 35.1 Å². The maximum absolute atomic E-state index is 10.8. The zero-order valence-electron chi connectivity index (χ0n) is 5.79. The molecule has 0 fully saturated rings. The second-order valence-corrected chi connectivity index (χ2v) is 2.35. The molecule has 53 valence electrons. The number of pyridine rings is 1. The van der Waals surface area contributed by atoms with Gasteiger partial charge in [0.1, 0.15) is 0 Å². The normalized spacial score (nSPS) is 10.2. The van der Waals surface area contributed by atoms with Gasteiger partial charge in [-0.05, 0) is 5.39 Å². The van der Waals surface area contributed by atoms with Crippen LogP contribution in [0.5, 0.6) is 0 Å². The first kappa shape index (κ1) is 6.16. The van der Waals surface area contributed by atoms with Gasteiger partial charge in [-0.1, -0.05) is 24.3 Å². The molecule has 1 heterocycles. The molecule has 0 atom stereocenters. The predicted octanol–water partition coefficient (Wildman–Crippen LogP) is 1.33. The average molecular weight is 144 g/mol. The lowest BCUT2D eigenvalue weighted by Gasteiger charge is -1.91. The van der Waals surface area contributed by atoms with Crippen LogP contribution in [0.25, 0.3) is 10.8 Å². The average Bonchev–Trinajstić information content (AvgIpc) is 2.04. The van der Waals surface area contributed by atoms with Crippen molar-refractivity contribution >= 4 is 10.8 Å². The van der Waals surface area contributed by atoms with E-state index in [1.54, 1.807) is 6.07 Å². The Kier molecular flexibility index (Phi) is 1.25. The maximum atomic E-state index is 10.8. The zero-order chi connectivity index (χ0) is 7.68. The molecule has 0 spiro atoms. The van der Waals surface area contributed by atoms with E-state index in [0.717, 1.165) is 10.8 Å². The lowest BCUT2D eigenvalue weighted by atomic mass is 10.2. The lowest BCUT2D eigenvalue weighted by molar-refractivity contribution is 1.25. The van der Waals surface area contributed by atoms with E-state index in [2.05, 4.69) is 11.2 Å². The number of aromatic nitrogens is 1. The first-order valence-electron chi connectivity index (χ1n) is 3.36. The molecule has 2 heteroatoms. The maximum Gasteiger partial charge on any atom is 0.249 e. The Morgan fingerprint density at radius 1 is 1.27 bits per heavy atom. The fourth-order valence-corrected chi connectivity index (χ4v) is 1.04. The van der Waals surface area contributed by atoms with Gasteiger partial charge in [0.25, 0.3) is 0 Å². The molecule has 0 saturated heterocycles. The number of hydrogen-bond donors (Lipinski definition) is 1. The Bertz CT molecular complexity index is 431. The lowest BCUT2D eigenvalue weighted by Crippen LogP contribution is -2.01. The first-order valence-corrected chi connectivity index (χ1v) is 3.36. The van der Waals surface area contributed by atoms with E-state index in [0.29, 0.717) is 0 Å². The standard InChI is InChI=1S/C9H6NO/c11-9-5-7-3-1-2-4-8(7)6-10-9/h1-5H,(H,10,11). The second kappa shape index (κ2) is 2.23. The fraction of sp³-hybridized carbons (Fsp3) is 0. The van der Waals surface area contributed by atoms with Gasteiger partial charge in [-0.25, -0.2) is 0 Å². The predicted molar refractivity (Wildman–Crippen MR) is 43.4 cm³/mol. The van der Waals surface area contributed by atoms with Crippen LogP contribution in [0, 0.1) is 6.20 Å². The van der Waals surface area contributed by atoms with Gasteiger partial charge in [-0.2, -0.15) is 0 Å². The molecule has 0 saturated carbocycles. The van der Waals surface area contributed by atoms with Crippen molar-refractivity contribution < 1.29 is 0 Å². The van der Waals surface area contributed by atoms with E-state index < -0.39 is 0 Å². The van der Waals surface area contributed by atoms with Gasteiger partial charge in [0.2, 0.25) is 5.56 Å². The molecule has 2 nitrogen and oxygen atoms in total. The Morgan fingerprint density at radius 3 is 3.00 bits per heavy atom. The summed E-state index contributed by atoms with van der Waals surface area (Å²) in [6, 6.07) is 9.17. The number of nitrogens with one attached hydrogen (secondary N) is 1. The van der Waals surface area contributed by atoms with Gasteiger partial charge in [-0.15, -0.1) is 0 Å². The summed E-state index contributed by atoms with van der Waals surface area (Å²) in [7, 11) is 0. The van der Waals surface area contributed by atoms with Crippen molar-refractivity contribution in [3.8, 4) is 0 Å². The summed E-state index contributed by atoms with van der Waals surface area (Å²) < 4.78 is 0. The van der Waals surface area contributed by atoms with Crippen LogP contribution in [0.2, 0.25) is 0 Å². The summed E-state index contributed by atoms with van der Waals surface area (Å²) in [4.78, 5) is 13.3. The van der Waals surface area contributed by atoms with Gasteiger partial charge in [0, 0.05) is 11.5 Å². The summed E-state index contributed by atoms with van der Waals surface area (Å²) in [5, 5.41) is 1.86. The number of benzene rings is 1. The summed E-state index contributed by atoms with van der Waals surface area (Å²) in [5.41, 5.74) is -0.108.